The molecule has 2 aromatic rings. The molecule has 3 rings (SSSR count). The van der Waals surface area contributed by atoms with Crippen molar-refractivity contribution < 1.29 is 4.39 Å². The van der Waals surface area contributed by atoms with Gasteiger partial charge in [-0.2, -0.15) is 0 Å². The smallest absolute Gasteiger partial charge is 0.185 e. The van der Waals surface area contributed by atoms with Gasteiger partial charge >= 0.3 is 0 Å². The largest absolute Gasteiger partial charge is 0.399 e. The second-order valence-electron chi connectivity index (χ2n) is 6.26. The van der Waals surface area contributed by atoms with Crippen LogP contribution >= 0.6 is 0 Å². The van der Waals surface area contributed by atoms with Crippen molar-refractivity contribution >= 4 is 5.69 Å². The van der Waals surface area contributed by atoms with Crippen molar-refractivity contribution in [1.29, 1.82) is 0 Å². The number of nitrogens with zero attached hydrogens (tertiary/aromatic N) is 4. The van der Waals surface area contributed by atoms with E-state index >= 15 is 0 Å². The van der Waals surface area contributed by atoms with Crippen molar-refractivity contribution in [3.63, 3.8) is 0 Å². The summed E-state index contributed by atoms with van der Waals surface area (Å²) in [6.45, 7) is 4.49. The number of rotatable bonds is 2. The van der Waals surface area contributed by atoms with E-state index in [0.717, 1.165) is 12.8 Å². The van der Waals surface area contributed by atoms with Crippen LogP contribution in [0.1, 0.15) is 39.2 Å². The molecule has 5 nitrogen and oxygen atoms in total. The first kappa shape index (κ1) is 14.0. The Morgan fingerprint density at radius 2 is 1.90 bits per heavy atom. The highest BCUT2D eigenvalue weighted by Gasteiger charge is 2.28. The number of halogens is 1. The summed E-state index contributed by atoms with van der Waals surface area (Å²) in [6.07, 6.45) is 3.26. The second-order valence-corrected chi connectivity index (χ2v) is 6.26. The highest BCUT2D eigenvalue weighted by molar-refractivity contribution is 5.61. The molecule has 21 heavy (non-hydrogen) atoms. The Hall–Kier alpha value is -1.98. The molecule has 0 amide bonds. The van der Waals surface area contributed by atoms with Gasteiger partial charge in [-0.25, -0.2) is 9.07 Å². The average molecular weight is 289 g/mol. The van der Waals surface area contributed by atoms with Crippen LogP contribution in [0, 0.1) is 17.7 Å². The van der Waals surface area contributed by atoms with Crippen molar-refractivity contribution in [3.05, 3.63) is 24.0 Å². The third kappa shape index (κ3) is 2.75. The Morgan fingerprint density at radius 1 is 1.19 bits per heavy atom. The third-order valence-corrected chi connectivity index (χ3v) is 4.22. The molecule has 0 aliphatic heterocycles. The predicted molar refractivity (Wildman–Crippen MR) is 78.8 cm³/mol. The summed E-state index contributed by atoms with van der Waals surface area (Å²) in [5.74, 6) is 1.37. The van der Waals surface area contributed by atoms with E-state index in [2.05, 4.69) is 29.4 Å². The maximum absolute atomic E-state index is 14.1. The van der Waals surface area contributed by atoms with Crippen molar-refractivity contribution in [2.24, 2.45) is 11.8 Å². The van der Waals surface area contributed by atoms with Gasteiger partial charge in [0.25, 0.3) is 0 Å². The molecule has 2 unspecified atom stereocenters. The zero-order chi connectivity index (χ0) is 15.0. The summed E-state index contributed by atoms with van der Waals surface area (Å²) < 4.78 is 15.8. The Balaban J connectivity index is 1.99. The van der Waals surface area contributed by atoms with Crippen LogP contribution in [0.5, 0.6) is 0 Å². The zero-order valence-corrected chi connectivity index (χ0v) is 12.3. The lowest BCUT2D eigenvalue weighted by Crippen LogP contribution is -2.24. The van der Waals surface area contributed by atoms with Crippen molar-refractivity contribution in [2.75, 3.05) is 5.73 Å². The Bertz CT molecular complexity index is 629. The minimum atomic E-state index is -0.350. The maximum atomic E-state index is 14.1. The minimum Gasteiger partial charge on any atom is -0.399 e. The van der Waals surface area contributed by atoms with Crippen molar-refractivity contribution in [3.8, 4) is 11.4 Å². The predicted octanol–water partition coefficient (Wildman–Crippen LogP) is 3.06. The van der Waals surface area contributed by atoms with E-state index in [0.29, 0.717) is 28.9 Å². The van der Waals surface area contributed by atoms with Gasteiger partial charge in [-0.05, 0) is 59.7 Å². The summed E-state index contributed by atoms with van der Waals surface area (Å²) in [7, 11) is 0. The van der Waals surface area contributed by atoms with E-state index in [1.807, 2.05) is 0 Å². The molecule has 1 aliphatic rings. The lowest BCUT2D eigenvalue weighted by atomic mass is 9.80. The molecule has 0 bridgehead atoms. The highest BCUT2D eigenvalue weighted by atomic mass is 19.1. The summed E-state index contributed by atoms with van der Waals surface area (Å²) in [4.78, 5) is 0. The van der Waals surface area contributed by atoms with Gasteiger partial charge in [-0.3, -0.25) is 0 Å². The van der Waals surface area contributed by atoms with Crippen LogP contribution in [0.15, 0.2) is 18.2 Å². The molecule has 0 radical (unpaired) electrons. The van der Waals surface area contributed by atoms with Crippen LogP contribution in [-0.4, -0.2) is 20.2 Å². The normalized spacial score (nSPS) is 26.0. The Morgan fingerprint density at radius 3 is 2.62 bits per heavy atom. The van der Waals surface area contributed by atoms with Gasteiger partial charge < -0.3 is 5.73 Å². The lowest BCUT2D eigenvalue weighted by molar-refractivity contribution is 0.209. The standard InChI is InChI=1S/C15H20FN5/c1-9-5-10(2)7-12(6-9)21-15(18-19-20-21)13-8-11(17)3-4-14(13)16/h3-4,8-10,12H,5-7,17H2,1-2H3. The van der Waals surface area contributed by atoms with E-state index in [1.54, 1.807) is 10.7 Å². The molecule has 1 aliphatic carbocycles. The fourth-order valence-corrected chi connectivity index (χ4v) is 3.44. The van der Waals surface area contributed by atoms with Crippen LogP contribution in [0.3, 0.4) is 0 Å². The average Bonchev–Trinajstić information content (AvgIpc) is 2.89. The van der Waals surface area contributed by atoms with Gasteiger partial charge in [0.15, 0.2) is 5.82 Å². The van der Waals surface area contributed by atoms with Crippen LogP contribution in [-0.2, 0) is 0 Å². The van der Waals surface area contributed by atoms with Gasteiger partial charge in [-0.1, -0.05) is 13.8 Å². The number of hydrogen-bond acceptors (Lipinski definition) is 4. The molecule has 2 N–H and O–H groups in total. The molecule has 0 spiro atoms. The molecule has 0 saturated heterocycles. The van der Waals surface area contributed by atoms with Gasteiger partial charge in [0.2, 0.25) is 0 Å². The topological polar surface area (TPSA) is 69.6 Å². The zero-order valence-electron chi connectivity index (χ0n) is 12.3. The lowest BCUT2D eigenvalue weighted by Gasteiger charge is -2.31. The third-order valence-electron chi connectivity index (χ3n) is 4.22. The summed E-state index contributed by atoms with van der Waals surface area (Å²) in [6, 6.07) is 4.70. The summed E-state index contributed by atoms with van der Waals surface area (Å²) >= 11 is 0. The number of hydrogen-bond donors (Lipinski definition) is 1. The molecule has 1 aromatic carbocycles. The first-order valence-corrected chi connectivity index (χ1v) is 7.38. The molecule has 1 heterocycles. The van der Waals surface area contributed by atoms with Gasteiger partial charge in [0.05, 0.1) is 11.6 Å². The number of tetrazole rings is 1. The molecule has 2 atom stereocenters. The monoisotopic (exact) mass is 289 g/mol. The quantitative estimate of drug-likeness (QED) is 0.863. The van der Waals surface area contributed by atoms with E-state index in [1.165, 1.54) is 18.6 Å². The highest BCUT2D eigenvalue weighted by Crippen LogP contribution is 2.37. The SMILES string of the molecule is CC1CC(C)CC(n2nnnc2-c2cc(N)ccc2F)C1. The first-order chi connectivity index (χ1) is 10.0. The van der Waals surface area contributed by atoms with Crippen LogP contribution in [0.2, 0.25) is 0 Å². The number of benzene rings is 1. The van der Waals surface area contributed by atoms with Crippen molar-refractivity contribution in [2.45, 2.75) is 39.2 Å². The van der Waals surface area contributed by atoms with Crippen LogP contribution in [0.4, 0.5) is 10.1 Å². The number of anilines is 1. The maximum Gasteiger partial charge on any atom is 0.185 e. The first-order valence-electron chi connectivity index (χ1n) is 7.38. The number of nitrogen functional groups attached to an aromatic ring is 1. The van der Waals surface area contributed by atoms with E-state index in [9.17, 15) is 4.39 Å². The molecular formula is C15H20FN5. The summed E-state index contributed by atoms with van der Waals surface area (Å²) in [5, 5.41) is 11.9. The van der Waals surface area contributed by atoms with Gasteiger partial charge in [-0.15, -0.1) is 5.10 Å². The van der Waals surface area contributed by atoms with Gasteiger partial charge in [0.1, 0.15) is 5.82 Å². The van der Waals surface area contributed by atoms with Crippen LogP contribution in [0.25, 0.3) is 11.4 Å². The molecule has 1 fully saturated rings. The second kappa shape index (κ2) is 5.42. The van der Waals surface area contributed by atoms with Crippen molar-refractivity contribution in [1.82, 2.24) is 20.2 Å². The molecule has 6 heteroatoms. The Labute approximate surface area is 123 Å². The van der Waals surface area contributed by atoms with E-state index < -0.39 is 0 Å². The minimum absolute atomic E-state index is 0.217. The molecular weight excluding hydrogens is 269 g/mol. The number of nitrogens with two attached hydrogens (primary N) is 1. The number of aromatic nitrogens is 4. The van der Waals surface area contributed by atoms with E-state index in [-0.39, 0.29) is 11.9 Å². The van der Waals surface area contributed by atoms with Crippen LogP contribution < -0.4 is 5.73 Å². The summed E-state index contributed by atoms with van der Waals surface area (Å²) in [5.41, 5.74) is 6.63. The Kier molecular flexibility index (Phi) is 3.61. The fourth-order valence-electron chi connectivity index (χ4n) is 3.44. The van der Waals surface area contributed by atoms with Gasteiger partial charge in [0, 0.05) is 5.69 Å². The molecule has 1 aromatic heterocycles. The molecule has 1 saturated carbocycles. The fraction of sp³-hybridized carbons (Fsp3) is 0.533. The van der Waals surface area contributed by atoms with E-state index in [4.69, 9.17) is 5.73 Å². The molecule has 112 valence electrons.